The summed E-state index contributed by atoms with van der Waals surface area (Å²) in [4.78, 5) is 12.1. The van der Waals surface area contributed by atoms with Gasteiger partial charge in [0.1, 0.15) is 12.4 Å². The molecule has 0 saturated heterocycles. The van der Waals surface area contributed by atoms with Gasteiger partial charge < -0.3 is 9.84 Å². The molecule has 1 N–H and O–H groups in total. The highest BCUT2D eigenvalue weighted by Crippen LogP contribution is 2.15. The quantitative estimate of drug-likeness (QED) is 0.827. The molecule has 5 heteroatoms. The van der Waals surface area contributed by atoms with Crippen molar-refractivity contribution < 1.29 is 14.6 Å². The van der Waals surface area contributed by atoms with Crippen LogP contribution >= 0.6 is 11.6 Å². The van der Waals surface area contributed by atoms with Crippen molar-refractivity contribution in [3.05, 3.63) is 29.3 Å². The van der Waals surface area contributed by atoms with E-state index in [2.05, 4.69) is 0 Å². The largest absolute Gasteiger partial charge is 0.492 e. The van der Waals surface area contributed by atoms with Crippen LogP contribution < -0.4 is 4.74 Å². The van der Waals surface area contributed by atoms with Gasteiger partial charge >= 0.3 is 5.97 Å². The molecular weight excluding hydrogens is 230 g/mol. The minimum Gasteiger partial charge on any atom is -0.492 e. The number of carboxylic acids is 1. The van der Waals surface area contributed by atoms with Crippen molar-refractivity contribution in [1.82, 2.24) is 4.90 Å². The first kappa shape index (κ1) is 12.8. The zero-order valence-electron chi connectivity index (χ0n) is 9.02. The summed E-state index contributed by atoms with van der Waals surface area (Å²) in [6.07, 6.45) is 0. The number of nitrogens with zero attached hydrogens (tertiary/aromatic N) is 1. The molecule has 0 saturated carbocycles. The normalized spacial score (nSPS) is 10.4. The molecule has 1 aromatic carbocycles. The molecule has 0 radical (unpaired) electrons. The van der Waals surface area contributed by atoms with Gasteiger partial charge in [-0.3, -0.25) is 9.69 Å². The fourth-order valence-electron chi connectivity index (χ4n) is 1.16. The van der Waals surface area contributed by atoms with Crippen molar-refractivity contribution in [3.63, 3.8) is 0 Å². The molecule has 0 aromatic heterocycles. The molecule has 0 fully saturated rings. The lowest BCUT2D eigenvalue weighted by Crippen LogP contribution is -2.29. The van der Waals surface area contributed by atoms with E-state index in [1.54, 1.807) is 36.2 Å². The number of carboxylic acid groups (broad SMARTS) is 1. The van der Waals surface area contributed by atoms with Gasteiger partial charge in [0.05, 0.1) is 6.54 Å². The van der Waals surface area contributed by atoms with Crippen molar-refractivity contribution >= 4 is 17.6 Å². The van der Waals surface area contributed by atoms with Gasteiger partial charge in [0, 0.05) is 11.6 Å². The molecule has 0 aliphatic carbocycles. The van der Waals surface area contributed by atoms with Gasteiger partial charge in [0.15, 0.2) is 0 Å². The van der Waals surface area contributed by atoms with Crippen LogP contribution in [0.25, 0.3) is 0 Å². The second kappa shape index (κ2) is 6.35. The summed E-state index contributed by atoms with van der Waals surface area (Å²) in [5.41, 5.74) is 0. The maximum atomic E-state index is 10.4. The number of hydrogen-bond acceptors (Lipinski definition) is 3. The zero-order valence-corrected chi connectivity index (χ0v) is 9.78. The van der Waals surface area contributed by atoms with E-state index >= 15 is 0 Å². The van der Waals surface area contributed by atoms with E-state index in [0.29, 0.717) is 18.2 Å². The Morgan fingerprint density at radius 3 is 2.62 bits per heavy atom. The highest BCUT2D eigenvalue weighted by molar-refractivity contribution is 6.30. The SMILES string of the molecule is CN(CCOc1ccc(Cl)cc1)CC(=O)O. The highest BCUT2D eigenvalue weighted by atomic mass is 35.5. The number of likely N-dealkylation sites (N-methyl/N-ethyl adjacent to an activating group) is 1. The summed E-state index contributed by atoms with van der Waals surface area (Å²) >= 11 is 5.72. The Kier molecular flexibility index (Phi) is 5.08. The summed E-state index contributed by atoms with van der Waals surface area (Å²) in [5.74, 6) is -0.109. The number of carbonyl (C=O) groups is 1. The number of halogens is 1. The smallest absolute Gasteiger partial charge is 0.317 e. The average molecular weight is 244 g/mol. The Hall–Kier alpha value is -1.26. The van der Waals surface area contributed by atoms with Crippen molar-refractivity contribution in [1.29, 1.82) is 0 Å². The van der Waals surface area contributed by atoms with Gasteiger partial charge in [-0.05, 0) is 31.3 Å². The Bertz CT molecular complexity index is 340. The summed E-state index contributed by atoms with van der Waals surface area (Å²) in [6, 6.07) is 7.05. The third-order valence-corrected chi connectivity index (χ3v) is 2.21. The van der Waals surface area contributed by atoms with Crippen molar-refractivity contribution in [2.24, 2.45) is 0 Å². The van der Waals surface area contributed by atoms with Gasteiger partial charge in [-0.15, -0.1) is 0 Å². The number of hydrogen-bond donors (Lipinski definition) is 1. The minimum atomic E-state index is -0.839. The molecule has 0 atom stereocenters. The van der Waals surface area contributed by atoms with Crippen LogP contribution in [0.4, 0.5) is 0 Å². The molecule has 1 rings (SSSR count). The molecule has 88 valence electrons. The van der Waals surface area contributed by atoms with E-state index in [9.17, 15) is 4.79 Å². The maximum Gasteiger partial charge on any atom is 0.317 e. The molecule has 0 aliphatic rings. The molecule has 0 bridgehead atoms. The molecule has 4 nitrogen and oxygen atoms in total. The standard InChI is InChI=1S/C11H14ClNO3/c1-13(8-11(14)15)6-7-16-10-4-2-9(12)3-5-10/h2-5H,6-8H2,1H3,(H,14,15). The Labute approximate surface area is 99.4 Å². The van der Waals surface area contributed by atoms with Crippen LogP contribution in [0.1, 0.15) is 0 Å². The van der Waals surface area contributed by atoms with Crippen molar-refractivity contribution in [2.75, 3.05) is 26.7 Å². The van der Waals surface area contributed by atoms with Crippen LogP contribution in [0.2, 0.25) is 5.02 Å². The Morgan fingerprint density at radius 1 is 1.44 bits per heavy atom. The minimum absolute atomic E-state index is 0.0178. The lowest BCUT2D eigenvalue weighted by atomic mass is 10.3. The average Bonchev–Trinajstić information content (AvgIpc) is 2.20. The molecule has 0 heterocycles. The van der Waals surface area contributed by atoms with Gasteiger partial charge in [0.25, 0.3) is 0 Å². The van der Waals surface area contributed by atoms with Crippen molar-refractivity contribution in [3.8, 4) is 5.75 Å². The molecule has 0 aliphatic heterocycles. The molecule has 0 spiro atoms. The van der Waals surface area contributed by atoms with Gasteiger partial charge in [0.2, 0.25) is 0 Å². The lowest BCUT2D eigenvalue weighted by molar-refractivity contribution is -0.138. The molecule has 16 heavy (non-hydrogen) atoms. The van der Waals surface area contributed by atoms with Gasteiger partial charge in [-0.1, -0.05) is 11.6 Å². The van der Waals surface area contributed by atoms with Gasteiger partial charge in [-0.2, -0.15) is 0 Å². The lowest BCUT2D eigenvalue weighted by Gasteiger charge is -2.14. The van der Waals surface area contributed by atoms with E-state index < -0.39 is 5.97 Å². The first-order valence-electron chi connectivity index (χ1n) is 4.86. The second-order valence-corrected chi connectivity index (χ2v) is 3.87. The van der Waals surface area contributed by atoms with E-state index in [0.717, 1.165) is 5.75 Å². The van der Waals surface area contributed by atoms with E-state index in [-0.39, 0.29) is 6.54 Å². The zero-order chi connectivity index (χ0) is 12.0. The van der Waals surface area contributed by atoms with E-state index in [1.807, 2.05) is 0 Å². The maximum absolute atomic E-state index is 10.4. The number of benzene rings is 1. The number of ether oxygens (including phenoxy) is 1. The van der Waals surface area contributed by atoms with Crippen molar-refractivity contribution in [2.45, 2.75) is 0 Å². The third-order valence-electron chi connectivity index (χ3n) is 1.96. The fourth-order valence-corrected chi connectivity index (χ4v) is 1.29. The molecule has 0 unspecified atom stereocenters. The summed E-state index contributed by atoms with van der Waals surface area (Å²) in [5, 5.41) is 9.20. The van der Waals surface area contributed by atoms with E-state index in [4.69, 9.17) is 21.4 Å². The molecule has 1 aromatic rings. The number of aliphatic carboxylic acids is 1. The molecular formula is C11H14ClNO3. The summed E-state index contributed by atoms with van der Waals surface area (Å²) < 4.78 is 5.42. The Morgan fingerprint density at radius 2 is 2.06 bits per heavy atom. The van der Waals surface area contributed by atoms with Crippen LogP contribution in [0.3, 0.4) is 0 Å². The third kappa shape index (κ3) is 5.00. The van der Waals surface area contributed by atoms with Crippen LogP contribution in [0, 0.1) is 0 Å². The van der Waals surface area contributed by atoms with Crippen LogP contribution in [-0.2, 0) is 4.79 Å². The first-order chi connectivity index (χ1) is 7.58. The topological polar surface area (TPSA) is 49.8 Å². The fraction of sp³-hybridized carbons (Fsp3) is 0.364. The Balaban J connectivity index is 2.25. The first-order valence-corrected chi connectivity index (χ1v) is 5.24. The monoisotopic (exact) mass is 243 g/mol. The number of rotatable bonds is 6. The molecule has 0 amide bonds. The van der Waals surface area contributed by atoms with E-state index in [1.165, 1.54) is 0 Å². The van der Waals surface area contributed by atoms with Gasteiger partial charge in [-0.25, -0.2) is 0 Å². The predicted molar refractivity (Wildman–Crippen MR) is 62.1 cm³/mol. The summed E-state index contributed by atoms with van der Waals surface area (Å²) in [7, 11) is 1.74. The van der Waals surface area contributed by atoms with Crippen LogP contribution in [0.5, 0.6) is 5.75 Å². The van der Waals surface area contributed by atoms with Crippen LogP contribution in [-0.4, -0.2) is 42.7 Å². The summed E-state index contributed by atoms with van der Waals surface area (Å²) in [6.45, 7) is 1.03. The highest BCUT2D eigenvalue weighted by Gasteiger charge is 2.03. The predicted octanol–water partition coefficient (Wildman–Crippen LogP) is 1.74. The second-order valence-electron chi connectivity index (χ2n) is 3.43. The van der Waals surface area contributed by atoms with Crippen LogP contribution in [0.15, 0.2) is 24.3 Å².